The first-order chi connectivity index (χ1) is 14.9. The number of carboxylic acid groups (broad SMARTS) is 1. The Hall–Kier alpha value is -3.35. The van der Waals surface area contributed by atoms with Gasteiger partial charge in [0.2, 0.25) is 5.91 Å². The fraction of sp³-hybridized carbons (Fsp3) is 0.375. The van der Waals surface area contributed by atoms with E-state index in [9.17, 15) is 14.4 Å². The Labute approximate surface area is 181 Å². The number of carboxylic acids is 1. The molecule has 3 rings (SSSR count). The first-order valence-electron chi connectivity index (χ1n) is 10.5. The number of carbonyl (C=O) groups excluding carboxylic acids is 2. The lowest BCUT2D eigenvalue weighted by molar-refractivity contribution is -0.137. The van der Waals surface area contributed by atoms with Crippen LogP contribution in [0.15, 0.2) is 48.5 Å². The van der Waals surface area contributed by atoms with E-state index < -0.39 is 18.1 Å². The largest absolute Gasteiger partial charge is 0.481 e. The molecule has 7 nitrogen and oxygen atoms in total. The zero-order valence-electron chi connectivity index (χ0n) is 17.8. The molecular formula is C24H28N2O5. The lowest BCUT2D eigenvalue weighted by Crippen LogP contribution is -2.38. The number of carbonyl (C=O) groups is 3. The van der Waals surface area contributed by atoms with Gasteiger partial charge in [0.05, 0.1) is 6.42 Å². The van der Waals surface area contributed by atoms with Crippen LogP contribution >= 0.6 is 0 Å². The number of ether oxygens (including phenoxy) is 1. The highest BCUT2D eigenvalue weighted by atomic mass is 16.5. The number of fused-ring (bicyclic) bond motifs is 3. The van der Waals surface area contributed by atoms with Crippen LogP contribution in [-0.2, 0) is 14.3 Å². The Kier molecular flexibility index (Phi) is 7.28. The van der Waals surface area contributed by atoms with Gasteiger partial charge in [0.25, 0.3) is 0 Å². The van der Waals surface area contributed by atoms with Crippen molar-refractivity contribution < 1.29 is 24.2 Å². The van der Waals surface area contributed by atoms with Crippen molar-refractivity contribution in [1.29, 1.82) is 0 Å². The number of hydrogen-bond acceptors (Lipinski definition) is 4. The first kappa shape index (κ1) is 22.3. The number of rotatable bonds is 9. The van der Waals surface area contributed by atoms with Gasteiger partial charge >= 0.3 is 12.1 Å². The zero-order valence-corrected chi connectivity index (χ0v) is 17.8. The summed E-state index contributed by atoms with van der Waals surface area (Å²) in [5.41, 5.74) is 4.64. The monoisotopic (exact) mass is 424 g/mol. The molecule has 1 aliphatic rings. The highest BCUT2D eigenvalue weighted by Crippen LogP contribution is 2.44. The van der Waals surface area contributed by atoms with Gasteiger partial charge in [-0.2, -0.15) is 0 Å². The maximum absolute atomic E-state index is 12.2. The maximum Gasteiger partial charge on any atom is 0.407 e. The van der Waals surface area contributed by atoms with E-state index in [0.29, 0.717) is 13.0 Å². The topological polar surface area (TPSA) is 105 Å². The molecule has 0 spiro atoms. The fourth-order valence-electron chi connectivity index (χ4n) is 3.87. The standard InChI is InChI=1S/C24H28N2O5/c1-15(23(29)26-16(2)13-22(27)28)11-12-25-24(30)31-14-21-19-9-5-3-7-17(19)18-8-4-6-10-20(18)21/h3-10,15-16,21H,11-14H2,1-2H3,(H,25,30)(H,26,29)(H,27,28)/t15?,16-/m0/s1. The summed E-state index contributed by atoms with van der Waals surface area (Å²) in [5, 5.41) is 14.1. The Balaban J connectivity index is 1.45. The molecule has 0 heterocycles. The van der Waals surface area contributed by atoms with Crippen molar-refractivity contribution in [3.05, 3.63) is 59.7 Å². The molecule has 2 aromatic carbocycles. The van der Waals surface area contributed by atoms with Crippen LogP contribution < -0.4 is 10.6 Å². The van der Waals surface area contributed by atoms with Gasteiger partial charge in [-0.25, -0.2) is 4.79 Å². The van der Waals surface area contributed by atoms with E-state index in [1.165, 1.54) is 11.1 Å². The molecule has 1 aliphatic carbocycles. The van der Waals surface area contributed by atoms with Crippen molar-refractivity contribution in [3.63, 3.8) is 0 Å². The molecule has 7 heteroatoms. The van der Waals surface area contributed by atoms with Crippen LogP contribution in [0.3, 0.4) is 0 Å². The number of aliphatic carboxylic acids is 1. The number of alkyl carbamates (subject to hydrolysis) is 1. The van der Waals surface area contributed by atoms with E-state index in [0.717, 1.165) is 11.1 Å². The first-order valence-corrected chi connectivity index (χ1v) is 10.5. The number of benzene rings is 2. The quantitative estimate of drug-likeness (QED) is 0.571. The SMILES string of the molecule is CC(CCNC(=O)OCC1c2ccccc2-c2ccccc21)C(=O)N[C@@H](C)CC(=O)O. The van der Waals surface area contributed by atoms with Gasteiger partial charge in [-0.15, -0.1) is 0 Å². The average Bonchev–Trinajstić information content (AvgIpc) is 3.05. The van der Waals surface area contributed by atoms with Gasteiger partial charge in [0, 0.05) is 24.4 Å². The van der Waals surface area contributed by atoms with Gasteiger partial charge in [0.15, 0.2) is 0 Å². The van der Waals surface area contributed by atoms with Crippen LogP contribution in [0.2, 0.25) is 0 Å². The minimum atomic E-state index is -0.961. The number of hydrogen-bond donors (Lipinski definition) is 3. The van der Waals surface area contributed by atoms with Crippen molar-refractivity contribution in [1.82, 2.24) is 10.6 Å². The third kappa shape index (κ3) is 5.63. The van der Waals surface area contributed by atoms with Crippen molar-refractivity contribution in [2.45, 2.75) is 38.6 Å². The molecular weight excluding hydrogens is 396 g/mol. The van der Waals surface area contributed by atoms with E-state index >= 15 is 0 Å². The molecule has 0 radical (unpaired) electrons. The van der Waals surface area contributed by atoms with Crippen molar-refractivity contribution in [2.24, 2.45) is 5.92 Å². The van der Waals surface area contributed by atoms with Crippen LogP contribution in [0.4, 0.5) is 4.79 Å². The number of nitrogens with one attached hydrogen (secondary N) is 2. The molecule has 0 fully saturated rings. The lowest BCUT2D eigenvalue weighted by atomic mass is 9.98. The van der Waals surface area contributed by atoms with Gasteiger partial charge in [-0.1, -0.05) is 55.5 Å². The minimum absolute atomic E-state index is 0.00132. The van der Waals surface area contributed by atoms with E-state index in [2.05, 4.69) is 34.9 Å². The van der Waals surface area contributed by atoms with E-state index in [-0.39, 0.29) is 30.8 Å². The maximum atomic E-state index is 12.2. The van der Waals surface area contributed by atoms with Crippen LogP contribution in [-0.4, -0.2) is 42.3 Å². The van der Waals surface area contributed by atoms with Gasteiger partial charge < -0.3 is 20.5 Å². The molecule has 0 saturated carbocycles. The lowest BCUT2D eigenvalue weighted by Gasteiger charge is -2.17. The van der Waals surface area contributed by atoms with E-state index in [1.807, 2.05) is 24.3 Å². The molecule has 0 aromatic heterocycles. The molecule has 0 aliphatic heterocycles. The number of amides is 2. The third-order valence-corrected chi connectivity index (χ3v) is 5.51. The molecule has 3 N–H and O–H groups in total. The highest BCUT2D eigenvalue weighted by molar-refractivity contribution is 5.80. The van der Waals surface area contributed by atoms with Crippen molar-refractivity contribution >= 4 is 18.0 Å². The summed E-state index contributed by atoms with van der Waals surface area (Å²) in [6.45, 7) is 3.91. The molecule has 164 valence electrons. The summed E-state index contributed by atoms with van der Waals surface area (Å²) in [4.78, 5) is 35.0. The summed E-state index contributed by atoms with van der Waals surface area (Å²) in [7, 11) is 0. The second kappa shape index (κ2) is 10.1. The minimum Gasteiger partial charge on any atom is -0.481 e. The summed E-state index contributed by atoms with van der Waals surface area (Å²) < 4.78 is 5.47. The van der Waals surface area contributed by atoms with E-state index in [1.54, 1.807) is 13.8 Å². The Morgan fingerprint density at radius 1 is 1.00 bits per heavy atom. The van der Waals surface area contributed by atoms with Gasteiger partial charge in [-0.05, 0) is 35.6 Å². The summed E-state index contributed by atoms with van der Waals surface area (Å²) in [6, 6.07) is 15.8. The average molecular weight is 424 g/mol. The molecule has 2 atom stereocenters. The second-order valence-corrected chi connectivity index (χ2v) is 7.95. The van der Waals surface area contributed by atoms with Crippen LogP contribution in [0.25, 0.3) is 11.1 Å². The second-order valence-electron chi connectivity index (χ2n) is 7.95. The fourth-order valence-corrected chi connectivity index (χ4v) is 3.87. The normalized spacial score (nSPS) is 14.1. The van der Waals surface area contributed by atoms with Crippen LogP contribution in [0.1, 0.15) is 43.7 Å². The summed E-state index contributed by atoms with van der Waals surface area (Å²) >= 11 is 0. The van der Waals surface area contributed by atoms with Gasteiger partial charge in [0.1, 0.15) is 6.61 Å². The molecule has 2 amide bonds. The van der Waals surface area contributed by atoms with Crippen LogP contribution in [0.5, 0.6) is 0 Å². The Bertz CT molecular complexity index is 913. The predicted octanol–water partition coefficient (Wildman–Crippen LogP) is 3.53. The Morgan fingerprint density at radius 2 is 1.58 bits per heavy atom. The molecule has 0 bridgehead atoms. The van der Waals surface area contributed by atoms with Crippen LogP contribution in [0, 0.1) is 5.92 Å². The van der Waals surface area contributed by atoms with E-state index in [4.69, 9.17) is 9.84 Å². The van der Waals surface area contributed by atoms with Crippen molar-refractivity contribution in [3.8, 4) is 11.1 Å². The highest BCUT2D eigenvalue weighted by Gasteiger charge is 2.29. The third-order valence-electron chi connectivity index (χ3n) is 5.51. The molecule has 31 heavy (non-hydrogen) atoms. The predicted molar refractivity (Wildman–Crippen MR) is 117 cm³/mol. The Morgan fingerprint density at radius 3 is 2.16 bits per heavy atom. The molecule has 0 saturated heterocycles. The van der Waals surface area contributed by atoms with Gasteiger partial charge in [-0.3, -0.25) is 9.59 Å². The summed E-state index contributed by atoms with van der Waals surface area (Å²) in [5.74, 6) is -1.55. The molecule has 1 unspecified atom stereocenters. The summed E-state index contributed by atoms with van der Waals surface area (Å²) in [6.07, 6.45) is -0.222. The molecule has 2 aromatic rings. The zero-order chi connectivity index (χ0) is 22.4. The smallest absolute Gasteiger partial charge is 0.407 e. The van der Waals surface area contributed by atoms with Crippen molar-refractivity contribution in [2.75, 3.05) is 13.2 Å².